The summed E-state index contributed by atoms with van der Waals surface area (Å²) in [7, 11) is 0. The molecule has 2 aromatic carbocycles. The predicted molar refractivity (Wildman–Crippen MR) is 86.3 cm³/mol. The van der Waals surface area contributed by atoms with E-state index in [1.807, 2.05) is 31.2 Å². The van der Waals surface area contributed by atoms with Crippen LogP contribution in [0, 0.1) is 6.92 Å². The molecule has 0 aliphatic carbocycles. The Hall–Kier alpha value is -2.01. The molecule has 0 aliphatic rings. The molecule has 0 heterocycles. The van der Waals surface area contributed by atoms with Crippen molar-refractivity contribution < 1.29 is 14.6 Å². The largest absolute Gasteiger partial charge is 0.492 e. The van der Waals surface area contributed by atoms with Crippen molar-refractivity contribution in [2.75, 3.05) is 18.5 Å². The van der Waals surface area contributed by atoms with Crippen molar-refractivity contribution in [2.45, 2.75) is 6.92 Å². The number of hydrogen-bond acceptors (Lipinski definition) is 3. The van der Waals surface area contributed by atoms with Crippen molar-refractivity contribution in [1.29, 1.82) is 0 Å². The molecule has 2 N–H and O–H groups in total. The van der Waals surface area contributed by atoms with Crippen LogP contribution in [0.25, 0.3) is 0 Å². The van der Waals surface area contributed by atoms with E-state index >= 15 is 0 Å². The van der Waals surface area contributed by atoms with Crippen LogP contribution < -0.4 is 10.1 Å². The van der Waals surface area contributed by atoms with E-state index in [1.54, 1.807) is 18.2 Å². The minimum Gasteiger partial charge on any atom is -0.492 e. The Balaban J connectivity index is 1.89. The summed E-state index contributed by atoms with van der Waals surface area (Å²) in [5.41, 5.74) is 2.00. The van der Waals surface area contributed by atoms with Crippen molar-refractivity contribution in [3.05, 3.63) is 58.1 Å². The van der Waals surface area contributed by atoms with E-state index in [4.69, 9.17) is 9.84 Å². The molecule has 0 aliphatic heterocycles. The number of halogens is 1. The summed E-state index contributed by atoms with van der Waals surface area (Å²) >= 11 is 3.27. The first-order valence-electron chi connectivity index (χ1n) is 6.52. The van der Waals surface area contributed by atoms with Gasteiger partial charge in [-0.05, 0) is 37.3 Å². The second-order valence-corrected chi connectivity index (χ2v) is 5.50. The number of ether oxygens (including phenoxy) is 1. The predicted octanol–water partition coefficient (Wildman–Crippen LogP) is 3.95. The van der Waals surface area contributed by atoms with Crippen LogP contribution in [-0.4, -0.2) is 24.2 Å². The molecule has 110 valence electrons. The van der Waals surface area contributed by atoms with Crippen LogP contribution in [-0.2, 0) is 0 Å². The van der Waals surface area contributed by atoms with Gasteiger partial charge in [-0.15, -0.1) is 0 Å². The second-order valence-electron chi connectivity index (χ2n) is 4.58. The van der Waals surface area contributed by atoms with E-state index in [2.05, 4.69) is 21.2 Å². The zero-order valence-electron chi connectivity index (χ0n) is 11.6. The first kappa shape index (κ1) is 15.4. The quantitative estimate of drug-likeness (QED) is 0.775. The van der Waals surface area contributed by atoms with Crippen LogP contribution in [0.5, 0.6) is 5.75 Å². The van der Waals surface area contributed by atoms with E-state index in [-0.39, 0.29) is 5.56 Å². The third kappa shape index (κ3) is 4.49. The molecule has 2 rings (SSSR count). The van der Waals surface area contributed by atoms with E-state index in [1.165, 1.54) is 5.56 Å². The first-order valence-corrected chi connectivity index (χ1v) is 7.32. The molecule has 0 aromatic heterocycles. The average molecular weight is 350 g/mol. The standard InChI is InChI=1S/C16H16BrNO3/c1-11-2-5-13(6-3-11)21-9-8-18-15-7-4-12(17)10-14(15)16(19)20/h2-7,10,18H,8-9H2,1H3,(H,19,20). The molecular weight excluding hydrogens is 334 g/mol. The van der Waals surface area contributed by atoms with Gasteiger partial charge in [-0.1, -0.05) is 33.6 Å². The fourth-order valence-electron chi connectivity index (χ4n) is 1.84. The number of anilines is 1. The van der Waals surface area contributed by atoms with Gasteiger partial charge in [-0.3, -0.25) is 0 Å². The van der Waals surface area contributed by atoms with Crippen molar-refractivity contribution in [1.82, 2.24) is 0 Å². The molecule has 2 aromatic rings. The molecular formula is C16H16BrNO3. The van der Waals surface area contributed by atoms with Gasteiger partial charge >= 0.3 is 5.97 Å². The lowest BCUT2D eigenvalue weighted by Gasteiger charge is -2.11. The molecule has 0 atom stereocenters. The third-order valence-corrected chi connectivity index (χ3v) is 3.41. The van der Waals surface area contributed by atoms with Gasteiger partial charge in [-0.2, -0.15) is 0 Å². The highest BCUT2D eigenvalue weighted by molar-refractivity contribution is 9.10. The Morgan fingerprint density at radius 3 is 2.62 bits per heavy atom. The van der Waals surface area contributed by atoms with Crippen LogP contribution in [0.1, 0.15) is 15.9 Å². The number of benzene rings is 2. The summed E-state index contributed by atoms with van der Waals surface area (Å²) in [6, 6.07) is 12.9. The van der Waals surface area contributed by atoms with Gasteiger partial charge in [-0.25, -0.2) is 4.79 Å². The third-order valence-electron chi connectivity index (χ3n) is 2.92. The van der Waals surface area contributed by atoms with E-state index in [0.717, 1.165) is 10.2 Å². The molecule has 4 nitrogen and oxygen atoms in total. The van der Waals surface area contributed by atoms with Crippen LogP contribution in [0.15, 0.2) is 46.9 Å². The highest BCUT2D eigenvalue weighted by Crippen LogP contribution is 2.21. The molecule has 0 radical (unpaired) electrons. The zero-order chi connectivity index (χ0) is 15.2. The Labute approximate surface area is 131 Å². The molecule has 0 saturated carbocycles. The summed E-state index contributed by atoms with van der Waals surface area (Å²) in [6.07, 6.45) is 0. The summed E-state index contributed by atoms with van der Waals surface area (Å²) in [5, 5.41) is 12.2. The lowest BCUT2D eigenvalue weighted by Crippen LogP contribution is -2.14. The molecule has 0 bridgehead atoms. The summed E-state index contributed by atoms with van der Waals surface area (Å²) in [6.45, 7) is 3.00. The van der Waals surface area contributed by atoms with E-state index in [0.29, 0.717) is 18.8 Å². The van der Waals surface area contributed by atoms with Crippen LogP contribution in [0.3, 0.4) is 0 Å². The van der Waals surface area contributed by atoms with Crippen molar-refractivity contribution in [2.24, 2.45) is 0 Å². The normalized spacial score (nSPS) is 10.2. The molecule has 21 heavy (non-hydrogen) atoms. The molecule has 0 saturated heterocycles. The topological polar surface area (TPSA) is 58.6 Å². The number of aryl methyl sites for hydroxylation is 1. The summed E-state index contributed by atoms with van der Waals surface area (Å²) < 4.78 is 6.32. The highest BCUT2D eigenvalue weighted by Gasteiger charge is 2.10. The first-order chi connectivity index (χ1) is 10.1. The Bertz CT molecular complexity index is 626. The van der Waals surface area contributed by atoms with Gasteiger partial charge in [0, 0.05) is 16.7 Å². The SMILES string of the molecule is Cc1ccc(OCCNc2ccc(Br)cc2C(=O)O)cc1. The fraction of sp³-hybridized carbons (Fsp3) is 0.188. The minimum absolute atomic E-state index is 0.236. The molecule has 5 heteroatoms. The lowest BCUT2D eigenvalue weighted by molar-refractivity contribution is 0.0698. The number of carboxylic acid groups (broad SMARTS) is 1. The molecule has 0 amide bonds. The van der Waals surface area contributed by atoms with Crippen LogP contribution >= 0.6 is 15.9 Å². The maximum absolute atomic E-state index is 11.2. The Morgan fingerprint density at radius 2 is 1.95 bits per heavy atom. The van der Waals surface area contributed by atoms with Gasteiger partial charge in [0.25, 0.3) is 0 Å². The number of hydrogen-bond donors (Lipinski definition) is 2. The molecule has 0 fully saturated rings. The Kier molecular flexibility index (Phi) is 5.22. The van der Waals surface area contributed by atoms with Crippen molar-refractivity contribution in [3.63, 3.8) is 0 Å². The van der Waals surface area contributed by atoms with Gasteiger partial charge in [0.15, 0.2) is 0 Å². The van der Waals surface area contributed by atoms with Crippen molar-refractivity contribution in [3.8, 4) is 5.75 Å². The smallest absolute Gasteiger partial charge is 0.337 e. The maximum atomic E-state index is 11.2. The maximum Gasteiger partial charge on any atom is 0.337 e. The second kappa shape index (κ2) is 7.13. The van der Waals surface area contributed by atoms with Crippen LogP contribution in [0.4, 0.5) is 5.69 Å². The number of aromatic carboxylic acids is 1. The monoisotopic (exact) mass is 349 g/mol. The number of nitrogens with one attached hydrogen (secondary N) is 1. The fourth-order valence-corrected chi connectivity index (χ4v) is 2.20. The lowest BCUT2D eigenvalue weighted by atomic mass is 10.2. The van der Waals surface area contributed by atoms with Gasteiger partial charge < -0.3 is 15.2 Å². The summed E-state index contributed by atoms with van der Waals surface area (Å²) in [4.78, 5) is 11.2. The summed E-state index contributed by atoms with van der Waals surface area (Å²) in [5.74, 6) is -0.157. The van der Waals surface area contributed by atoms with Gasteiger partial charge in [0.1, 0.15) is 12.4 Å². The number of carbonyl (C=O) groups is 1. The number of rotatable bonds is 6. The highest BCUT2D eigenvalue weighted by atomic mass is 79.9. The molecule has 0 spiro atoms. The van der Waals surface area contributed by atoms with Crippen molar-refractivity contribution >= 4 is 27.6 Å². The van der Waals surface area contributed by atoms with Gasteiger partial charge in [0.05, 0.1) is 5.56 Å². The van der Waals surface area contributed by atoms with E-state index in [9.17, 15) is 4.79 Å². The zero-order valence-corrected chi connectivity index (χ0v) is 13.2. The van der Waals surface area contributed by atoms with E-state index < -0.39 is 5.97 Å². The van der Waals surface area contributed by atoms with Gasteiger partial charge in [0.2, 0.25) is 0 Å². The average Bonchev–Trinajstić information content (AvgIpc) is 2.46. The minimum atomic E-state index is -0.960. The molecule has 0 unspecified atom stereocenters. The Morgan fingerprint density at radius 1 is 1.24 bits per heavy atom. The number of carboxylic acids is 1. The van der Waals surface area contributed by atoms with Crippen LogP contribution in [0.2, 0.25) is 0 Å².